The monoisotopic (exact) mass is 211 g/mol. The van der Waals surface area contributed by atoms with E-state index in [-0.39, 0.29) is 7.43 Å². The highest BCUT2D eigenvalue weighted by Crippen LogP contribution is 2.22. The molecule has 2 rings (SSSR count). The highest BCUT2D eigenvalue weighted by molar-refractivity contribution is 6.66. The van der Waals surface area contributed by atoms with E-state index in [9.17, 15) is 0 Å². The topological polar surface area (TPSA) is 12.0 Å². The van der Waals surface area contributed by atoms with Crippen molar-refractivity contribution < 1.29 is 0 Å². The van der Waals surface area contributed by atoms with Crippen molar-refractivity contribution in [1.29, 1.82) is 0 Å². The number of allylic oxidation sites excluding steroid dienone is 4. The smallest absolute Gasteiger partial charge is 0.214 e. The first-order valence-corrected chi connectivity index (χ1v) is 5.15. The first-order chi connectivity index (χ1) is 7.36. The molecule has 0 unspecified atom stereocenters. The Balaban J connectivity index is 0.00000128. The highest BCUT2D eigenvalue weighted by atomic mass is 14.8. The Hall–Kier alpha value is -1.70. The normalized spacial score (nSPS) is 13.1. The van der Waals surface area contributed by atoms with E-state index in [1.807, 2.05) is 13.1 Å². The molecule has 1 aliphatic rings. The second kappa shape index (κ2) is 5.41. The van der Waals surface area contributed by atoms with Crippen molar-refractivity contribution in [3.63, 3.8) is 0 Å². The van der Waals surface area contributed by atoms with Crippen molar-refractivity contribution in [2.24, 2.45) is 0 Å². The largest absolute Gasteiger partial charge is 0.398 e. The Morgan fingerprint density at radius 2 is 2.06 bits per heavy atom. The highest BCUT2D eigenvalue weighted by Gasteiger charge is 2.18. The summed E-state index contributed by atoms with van der Waals surface area (Å²) in [5, 5.41) is 3.26. The SMILES string of the molecule is C.C=C/C=C\C1=C(NC)Bc2ccccc21. The molecule has 82 valence electrons. The Kier molecular flexibility index (Phi) is 4.18. The van der Waals surface area contributed by atoms with Crippen molar-refractivity contribution in [1.82, 2.24) is 5.32 Å². The molecular weight excluding hydrogens is 193 g/mol. The van der Waals surface area contributed by atoms with E-state index < -0.39 is 0 Å². The van der Waals surface area contributed by atoms with Gasteiger partial charge in [0.2, 0.25) is 7.28 Å². The number of nitrogens with one attached hydrogen (secondary N) is 1. The molecule has 0 spiro atoms. The van der Waals surface area contributed by atoms with Crippen LogP contribution in [0.3, 0.4) is 0 Å². The van der Waals surface area contributed by atoms with Crippen LogP contribution in [0.1, 0.15) is 13.0 Å². The summed E-state index contributed by atoms with van der Waals surface area (Å²) in [4.78, 5) is 0. The minimum Gasteiger partial charge on any atom is -0.398 e. The van der Waals surface area contributed by atoms with Crippen molar-refractivity contribution in [2.45, 2.75) is 7.43 Å². The number of rotatable bonds is 3. The molecule has 0 radical (unpaired) electrons. The Bertz CT molecular complexity index is 444. The first kappa shape index (κ1) is 12.4. The van der Waals surface area contributed by atoms with Gasteiger partial charge in [-0.1, -0.05) is 62.0 Å². The molecule has 1 heterocycles. The molecule has 0 aliphatic carbocycles. The summed E-state index contributed by atoms with van der Waals surface area (Å²) in [5.41, 5.74) is 5.30. The summed E-state index contributed by atoms with van der Waals surface area (Å²) in [6, 6.07) is 8.52. The van der Waals surface area contributed by atoms with E-state index in [0.29, 0.717) is 0 Å². The molecule has 0 aromatic heterocycles. The van der Waals surface area contributed by atoms with Crippen molar-refractivity contribution >= 4 is 18.3 Å². The lowest BCUT2D eigenvalue weighted by Crippen LogP contribution is -2.19. The summed E-state index contributed by atoms with van der Waals surface area (Å²) in [5.74, 6) is 0. The van der Waals surface area contributed by atoms with Gasteiger partial charge in [-0.15, -0.1) is 0 Å². The molecule has 1 aromatic rings. The molecule has 0 fully saturated rings. The van der Waals surface area contributed by atoms with Crippen LogP contribution in [0, 0.1) is 0 Å². The van der Waals surface area contributed by atoms with Crippen molar-refractivity contribution in [2.75, 3.05) is 7.05 Å². The number of hydrogen-bond acceptors (Lipinski definition) is 1. The molecule has 1 N–H and O–H groups in total. The minimum absolute atomic E-state index is 0. The third-order valence-corrected chi connectivity index (χ3v) is 2.70. The molecule has 2 heteroatoms. The average molecular weight is 211 g/mol. The van der Waals surface area contributed by atoms with Crippen molar-refractivity contribution in [3.05, 3.63) is 60.2 Å². The van der Waals surface area contributed by atoms with Crippen LogP contribution in [0.2, 0.25) is 0 Å². The van der Waals surface area contributed by atoms with E-state index in [1.165, 1.54) is 22.2 Å². The maximum Gasteiger partial charge on any atom is 0.214 e. The van der Waals surface area contributed by atoms with Gasteiger partial charge in [-0.05, 0) is 16.7 Å². The lowest BCUT2D eigenvalue weighted by Gasteiger charge is -2.02. The predicted octanol–water partition coefficient (Wildman–Crippen LogP) is 2.03. The summed E-state index contributed by atoms with van der Waals surface area (Å²) in [6.45, 7) is 3.70. The second-order valence-electron chi connectivity index (χ2n) is 3.57. The van der Waals surface area contributed by atoms with Gasteiger partial charge in [0.25, 0.3) is 0 Å². The quantitative estimate of drug-likeness (QED) is 0.595. The predicted molar refractivity (Wildman–Crippen MR) is 75.3 cm³/mol. The molecule has 1 aliphatic heterocycles. The van der Waals surface area contributed by atoms with E-state index in [0.717, 1.165) is 7.28 Å². The van der Waals surface area contributed by atoms with E-state index >= 15 is 0 Å². The molecule has 0 saturated heterocycles. The Morgan fingerprint density at radius 1 is 1.31 bits per heavy atom. The van der Waals surface area contributed by atoms with Gasteiger partial charge in [0.15, 0.2) is 0 Å². The van der Waals surface area contributed by atoms with E-state index in [4.69, 9.17) is 0 Å². The fourth-order valence-electron chi connectivity index (χ4n) is 1.96. The van der Waals surface area contributed by atoms with Gasteiger partial charge in [-0.25, -0.2) is 0 Å². The maximum absolute atomic E-state index is 3.70. The molecule has 0 atom stereocenters. The Labute approximate surface area is 98.8 Å². The zero-order valence-electron chi connectivity index (χ0n) is 8.96. The third-order valence-electron chi connectivity index (χ3n) is 2.70. The molecule has 0 saturated carbocycles. The van der Waals surface area contributed by atoms with Crippen LogP contribution in [0.5, 0.6) is 0 Å². The van der Waals surface area contributed by atoms with Gasteiger partial charge in [-0.3, -0.25) is 0 Å². The lowest BCUT2D eigenvalue weighted by molar-refractivity contribution is 1.08. The summed E-state index contributed by atoms with van der Waals surface area (Å²) in [7, 11) is 2.98. The Morgan fingerprint density at radius 3 is 2.75 bits per heavy atom. The van der Waals surface area contributed by atoms with Gasteiger partial charge in [0, 0.05) is 7.05 Å². The minimum atomic E-state index is 0. The zero-order valence-corrected chi connectivity index (χ0v) is 8.96. The summed E-state index contributed by atoms with van der Waals surface area (Å²) >= 11 is 0. The van der Waals surface area contributed by atoms with Crippen molar-refractivity contribution in [3.8, 4) is 0 Å². The van der Waals surface area contributed by atoms with Crippen LogP contribution >= 0.6 is 0 Å². The van der Waals surface area contributed by atoms with E-state index in [1.54, 1.807) is 6.08 Å². The van der Waals surface area contributed by atoms with Gasteiger partial charge in [0.05, 0.1) is 0 Å². The van der Waals surface area contributed by atoms with Gasteiger partial charge < -0.3 is 5.32 Å². The van der Waals surface area contributed by atoms with Crippen LogP contribution < -0.4 is 10.8 Å². The maximum atomic E-state index is 3.70. The third kappa shape index (κ3) is 2.11. The van der Waals surface area contributed by atoms with Gasteiger partial charge >= 0.3 is 0 Å². The number of benzene rings is 1. The van der Waals surface area contributed by atoms with Gasteiger partial charge in [0.1, 0.15) is 0 Å². The summed E-state index contributed by atoms with van der Waals surface area (Å²) < 4.78 is 0. The fourth-order valence-corrected chi connectivity index (χ4v) is 1.96. The van der Waals surface area contributed by atoms with E-state index in [2.05, 4.69) is 42.2 Å². The molecule has 16 heavy (non-hydrogen) atoms. The number of hydrogen-bond donors (Lipinski definition) is 1. The van der Waals surface area contributed by atoms with Crippen LogP contribution in [0.15, 0.2) is 54.7 Å². The molecule has 1 nitrogen and oxygen atoms in total. The van der Waals surface area contributed by atoms with Gasteiger partial charge in [-0.2, -0.15) is 0 Å². The molecule has 0 amide bonds. The fraction of sp³-hybridized carbons (Fsp3) is 0.143. The number of fused-ring (bicyclic) bond motifs is 1. The lowest BCUT2D eigenvalue weighted by atomic mass is 9.70. The van der Waals surface area contributed by atoms with Crippen LogP contribution in [0.25, 0.3) is 5.57 Å². The van der Waals surface area contributed by atoms with Crippen LogP contribution in [-0.2, 0) is 0 Å². The first-order valence-electron chi connectivity index (χ1n) is 5.15. The van der Waals surface area contributed by atoms with Crippen LogP contribution in [-0.4, -0.2) is 14.3 Å². The zero-order chi connectivity index (χ0) is 10.7. The summed E-state index contributed by atoms with van der Waals surface area (Å²) in [6.07, 6.45) is 5.90. The molecule has 1 aromatic carbocycles. The molecule has 0 bridgehead atoms. The van der Waals surface area contributed by atoms with Crippen LogP contribution in [0.4, 0.5) is 0 Å². The molecular formula is C14H18BN. The standard InChI is InChI=1S/C13H14BN.CH4/c1-3-4-7-11-10-8-5-6-9-12(10)14-13(11)15-2;/h3-9,14-15H,1H2,2H3;1H4/b7-4-;. The second-order valence-corrected chi connectivity index (χ2v) is 3.57. The average Bonchev–Trinajstić information content (AvgIpc) is 2.64.